The number of alkyl halides is 3. The number of nitrogens with zero attached hydrogens (tertiary/aromatic N) is 3. The summed E-state index contributed by atoms with van der Waals surface area (Å²) in [7, 11) is 0. The van der Waals surface area contributed by atoms with E-state index >= 15 is 0 Å². The molecule has 5 aromatic rings. The summed E-state index contributed by atoms with van der Waals surface area (Å²) in [5.41, 5.74) is -0.448. The molecule has 2 aromatic carbocycles. The predicted molar refractivity (Wildman–Crippen MR) is 144 cm³/mol. The van der Waals surface area contributed by atoms with Gasteiger partial charge >= 0.3 is 12.1 Å². The first-order chi connectivity index (χ1) is 19.4. The Balaban J connectivity index is 1.55. The smallest absolute Gasteiger partial charge is 0.417 e. The van der Waals surface area contributed by atoms with Crippen LogP contribution in [0.3, 0.4) is 0 Å². The van der Waals surface area contributed by atoms with Gasteiger partial charge in [0, 0.05) is 22.3 Å². The zero-order valence-electron chi connectivity index (χ0n) is 21.7. The van der Waals surface area contributed by atoms with Gasteiger partial charge in [-0.15, -0.1) is 0 Å². The Hall–Kier alpha value is -5.37. The molecule has 11 heteroatoms. The van der Waals surface area contributed by atoms with Crippen molar-refractivity contribution in [3.63, 3.8) is 0 Å². The number of aromatic carboxylic acids is 1. The molecular weight excluding hydrogens is 537 g/mol. The highest BCUT2D eigenvalue weighted by Gasteiger charge is 2.36. The van der Waals surface area contributed by atoms with Crippen molar-refractivity contribution in [2.75, 3.05) is 0 Å². The molecule has 0 atom stereocenters. The van der Waals surface area contributed by atoms with Crippen LogP contribution in [0.25, 0.3) is 22.2 Å². The van der Waals surface area contributed by atoms with Crippen molar-refractivity contribution >= 4 is 16.9 Å². The van der Waals surface area contributed by atoms with E-state index in [-0.39, 0.29) is 17.9 Å². The summed E-state index contributed by atoms with van der Waals surface area (Å²) in [4.78, 5) is 31.6. The van der Waals surface area contributed by atoms with Gasteiger partial charge in [-0.05, 0) is 85.6 Å². The van der Waals surface area contributed by atoms with Crippen LogP contribution in [0.5, 0.6) is 11.5 Å². The van der Waals surface area contributed by atoms with Gasteiger partial charge in [0.05, 0.1) is 17.8 Å². The molecule has 3 aromatic heterocycles. The van der Waals surface area contributed by atoms with E-state index in [0.29, 0.717) is 39.2 Å². The lowest BCUT2D eigenvalue weighted by Crippen LogP contribution is -2.29. The third-order valence-electron chi connectivity index (χ3n) is 6.59. The molecule has 0 fully saturated rings. The molecular formula is C30H21F3N4O4. The zero-order valence-corrected chi connectivity index (χ0v) is 21.7. The van der Waals surface area contributed by atoms with Crippen LogP contribution in [0.15, 0.2) is 71.5 Å². The third kappa shape index (κ3) is 5.40. The van der Waals surface area contributed by atoms with Crippen molar-refractivity contribution in [2.24, 2.45) is 0 Å². The molecule has 0 amide bonds. The number of hydrogen-bond donors (Lipinski definition) is 2. The van der Waals surface area contributed by atoms with E-state index in [1.54, 1.807) is 44.2 Å². The van der Waals surface area contributed by atoms with E-state index < -0.39 is 28.8 Å². The Morgan fingerprint density at radius 2 is 1.76 bits per heavy atom. The Morgan fingerprint density at radius 1 is 1.05 bits per heavy atom. The highest BCUT2D eigenvalue weighted by atomic mass is 19.4. The fourth-order valence-corrected chi connectivity index (χ4v) is 4.55. The van der Waals surface area contributed by atoms with Gasteiger partial charge < -0.3 is 19.4 Å². The van der Waals surface area contributed by atoms with Gasteiger partial charge in [-0.25, -0.2) is 4.79 Å². The number of carboxylic acids is 1. The number of aromatic amines is 1. The quantitative estimate of drug-likeness (QED) is 0.248. The van der Waals surface area contributed by atoms with Crippen LogP contribution in [0.2, 0.25) is 0 Å². The number of rotatable bonds is 6. The number of halogens is 3. The lowest BCUT2D eigenvalue weighted by Gasteiger charge is -2.18. The minimum Gasteiger partial charge on any atom is -0.477 e. The second-order valence-electron chi connectivity index (χ2n) is 9.38. The highest BCUT2D eigenvalue weighted by molar-refractivity contribution is 5.94. The number of aryl methyl sites for hydroxylation is 2. The Bertz CT molecular complexity index is 1920. The van der Waals surface area contributed by atoms with Crippen LogP contribution < -0.4 is 10.3 Å². The number of nitrogens with one attached hydrogen (secondary N) is 1. The summed E-state index contributed by atoms with van der Waals surface area (Å²) in [5.74, 6) is -0.319. The first kappa shape index (κ1) is 27.2. The lowest BCUT2D eigenvalue weighted by atomic mass is 10.0. The van der Waals surface area contributed by atoms with E-state index in [0.717, 1.165) is 16.3 Å². The first-order valence-electron chi connectivity index (χ1n) is 12.3. The highest BCUT2D eigenvalue weighted by Crippen LogP contribution is 2.35. The predicted octanol–water partition coefficient (Wildman–Crippen LogP) is 6.44. The summed E-state index contributed by atoms with van der Waals surface area (Å²) in [5, 5.41) is 19.3. The number of H-pyrrole nitrogens is 1. The van der Waals surface area contributed by atoms with Crippen LogP contribution in [-0.2, 0) is 12.7 Å². The van der Waals surface area contributed by atoms with Gasteiger partial charge in [0.15, 0.2) is 0 Å². The molecule has 0 bridgehead atoms. The fraction of sp³-hybridized carbons (Fsp3) is 0.133. The maximum Gasteiger partial charge on any atom is 0.417 e. The lowest BCUT2D eigenvalue weighted by molar-refractivity contribution is -0.137. The summed E-state index contributed by atoms with van der Waals surface area (Å²) in [6, 6.07) is 18.3. The summed E-state index contributed by atoms with van der Waals surface area (Å²) >= 11 is 0. The number of benzene rings is 2. The molecule has 3 heterocycles. The maximum atomic E-state index is 13.9. The van der Waals surface area contributed by atoms with Crippen molar-refractivity contribution in [1.29, 1.82) is 5.26 Å². The van der Waals surface area contributed by atoms with Gasteiger partial charge in [0.1, 0.15) is 28.8 Å². The Labute approximate surface area is 230 Å². The van der Waals surface area contributed by atoms with E-state index in [1.165, 1.54) is 36.4 Å². The Morgan fingerprint density at radius 3 is 2.39 bits per heavy atom. The number of carbonyl (C=O) groups is 1. The summed E-state index contributed by atoms with van der Waals surface area (Å²) < 4.78 is 48.7. The first-order valence-corrected chi connectivity index (χ1v) is 12.3. The van der Waals surface area contributed by atoms with Gasteiger partial charge in [0.2, 0.25) is 0 Å². The molecule has 41 heavy (non-hydrogen) atoms. The van der Waals surface area contributed by atoms with Crippen LogP contribution in [0.1, 0.15) is 38.6 Å². The topological polar surface area (TPSA) is 121 Å². The van der Waals surface area contributed by atoms with Gasteiger partial charge in [0.25, 0.3) is 5.56 Å². The number of hydrogen-bond acceptors (Lipinski definition) is 5. The number of fused-ring (bicyclic) bond motifs is 1. The fourth-order valence-electron chi connectivity index (χ4n) is 4.55. The standard InChI is InChI=1S/C30H21F3N4O4/c1-16-3-4-19(17(2)35-16)15-37-27(13-24(30(31,32)33)23(14-34)28(37)38)18-5-7-21(8-6-18)41-22-9-10-25-20(11-22)12-26(36-25)29(39)40/h3-13,36H,15H2,1-2H3,(H,39,40). The van der Waals surface area contributed by atoms with Crippen molar-refractivity contribution < 1.29 is 27.8 Å². The molecule has 206 valence electrons. The molecule has 0 saturated heterocycles. The molecule has 0 aliphatic rings. The largest absolute Gasteiger partial charge is 0.477 e. The molecule has 8 nitrogen and oxygen atoms in total. The van der Waals surface area contributed by atoms with Crippen LogP contribution in [-0.4, -0.2) is 25.6 Å². The second-order valence-corrected chi connectivity index (χ2v) is 9.38. The Kier molecular flexibility index (Phi) is 6.84. The van der Waals surface area contributed by atoms with Gasteiger partial charge in [-0.3, -0.25) is 9.78 Å². The minimum absolute atomic E-state index is 0.0252. The number of pyridine rings is 2. The van der Waals surface area contributed by atoms with Crippen molar-refractivity contribution in [2.45, 2.75) is 26.6 Å². The number of nitriles is 1. The SMILES string of the molecule is Cc1ccc(Cn2c(-c3ccc(Oc4ccc5[nH]c(C(=O)O)cc5c4)cc3)cc(C(F)(F)F)c(C#N)c2=O)c(C)n1. The number of ether oxygens (including phenoxy) is 1. The molecule has 0 radical (unpaired) electrons. The average Bonchev–Trinajstić information content (AvgIpc) is 3.35. The molecule has 0 aliphatic heterocycles. The van der Waals surface area contributed by atoms with Crippen LogP contribution in [0, 0.1) is 25.2 Å². The van der Waals surface area contributed by atoms with E-state index in [2.05, 4.69) is 9.97 Å². The van der Waals surface area contributed by atoms with E-state index in [4.69, 9.17) is 4.74 Å². The van der Waals surface area contributed by atoms with Crippen molar-refractivity contribution in [1.82, 2.24) is 14.5 Å². The summed E-state index contributed by atoms with van der Waals surface area (Å²) in [6.07, 6.45) is -4.92. The van der Waals surface area contributed by atoms with Gasteiger partial charge in [-0.2, -0.15) is 18.4 Å². The van der Waals surface area contributed by atoms with Crippen molar-refractivity contribution in [3.8, 4) is 28.8 Å². The monoisotopic (exact) mass is 558 g/mol. The minimum atomic E-state index is -4.92. The third-order valence-corrected chi connectivity index (χ3v) is 6.59. The molecule has 0 unspecified atom stereocenters. The molecule has 2 N–H and O–H groups in total. The van der Waals surface area contributed by atoms with Gasteiger partial charge in [-0.1, -0.05) is 6.07 Å². The van der Waals surface area contributed by atoms with Crippen LogP contribution in [0.4, 0.5) is 13.2 Å². The molecule has 0 saturated carbocycles. The molecule has 5 rings (SSSR count). The maximum absolute atomic E-state index is 13.9. The van der Waals surface area contributed by atoms with E-state index in [9.17, 15) is 33.1 Å². The second kappa shape index (κ2) is 10.3. The number of aromatic nitrogens is 3. The zero-order chi connectivity index (χ0) is 29.5. The van der Waals surface area contributed by atoms with E-state index in [1.807, 2.05) is 0 Å². The van der Waals surface area contributed by atoms with Crippen LogP contribution >= 0.6 is 0 Å². The number of carboxylic acid groups (broad SMARTS) is 1. The molecule has 0 spiro atoms. The average molecular weight is 559 g/mol. The summed E-state index contributed by atoms with van der Waals surface area (Å²) in [6.45, 7) is 3.45. The normalized spacial score (nSPS) is 11.4. The molecule has 0 aliphatic carbocycles. The van der Waals surface area contributed by atoms with Crippen molar-refractivity contribution in [3.05, 3.63) is 111 Å².